The maximum atomic E-state index is 12.9. The van der Waals surface area contributed by atoms with E-state index in [4.69, 9.17) is 0 Å². The number of carbonyl (C=O) groups is 2. The SMILES string of the molecule is Cc1c(C(=O)N2CCCCC2)nnn1-c1cccc2c1CCN(C(=O)NC(C)(C)C)C2. The first kappa shape index (κ1) is 21.3. The predicted molar refractivity (Wildman–Crippen MR) is 118 cm³/mol. The second-order valence-corrected chi connectivity index (χ2v) is 9.55. The molecular weight excluding hydrogens is 392 g/mol. The third-order valence-electron chi connectivity index (χ3n) is 5.98. The molecule has 166 valence electrons. The number of hydrogen-bond donors (Lipinski definition) is 1. The molecule has 31 heavy (non-hydrogen) atoms. The van der Waals surface area contributed by atoms with Crippen molar-refractivity contribution in [3.63, 3.8) is 0 Å². The van der Waals surface area contributed by atoms with Crippen LogP contribution in [0.4, 0.5) is 4.79 Å². The van der Waals surface area contributed by atoms with E-state index in [1.165, 1.54) is 6.42 Å². The molecule has 2 aromatic rings. The Morgan fingerprint density at radius 2 is 1.77 bits per heavy atom. The molecule has 0 aliphatic carbocycles. The van der Waals surface area contributed by atoms with Crippen molar-refractivity contribution >= 4 is 11.9 Å². The van der Waals surface area contributed by atoms with Crippen molar-refractivity contribution in [1.82, 2.24) is 30.1 Å². The molecule has 4 rings (SSSR count). The fraction of sp³-hybridized carbons (Fsp3) is 0.565. The molecule has 1 aromatic heterocycles. The van der Waals surface area contributed by atoms with Crippen LogP contribution >= 0.6 is 0 Å². The minimum atomic E-state index is -0.269. The van der Waals surface area contributed by atoms with E-state index in [9.17, 15) is 9.59 Å². The van der Waals surface area contributed by atoms with E-state index >= 15 is 0 Å². The molecule has 8 nitrogen and oxygen atoms in total. The van der Waals surface area contributed by atoms with Crippen molar-refractivity contribution in [2.24, 2.45) is 0 Å². The molecule has 1 aromatic carbocycles. The van der Waals surface area contributed by atoms with E-state index in [0.717, 1.165) is 54.9 Å². The van der Waals surface area contributed by atoms with E-state index in [1.807, 2.05) is 49.6 Å². The van der Waals surface area contributed by atoms with Gasteiger partial charge in [-0.2, -0.15) is 0 Å². The Morgan fingerprint density at radius 1 is 1.03 bits per heavy atom. The lowest BCUT2D eigenvalue weighted by Crippen LogP contribution is -2.49. The normalized spacial score (nSPS) is 16.8. The predicted octanol–water partition coefficient (Wildman–Crippen LogP) is 3.07. The van der Waals surface area contributed by atoms with Crippen molar-refractivity contribution in [3.05, 3.63) is 40.7 Å². The molecule has 1 N–H and O–H groups in total. The van der Waals surface area contributed by atoms with Crippen molar-refractivity contribution in [2.75, 3.05) is 19.6 Å². The number of benzene rings is 1. The summed E-state index contributed by atoms with van der Waals surface area (Å²) < 4.78 is 1.78. The number of carbonyl (C=O) groups excluding carboxylic acids is 2. The number of likely N-dealkylation sites (tertiary alicyclic amines) is 1. The Balaban J connectivity index is 1.58. The van der Waals surface area contributed by atoms with Gasteiger partial charge < -0.3 is 15.1 Å². The third-order valence-corrected chi connectivity index (χ3v) is 5.98. The minimum absolute atomic E-state index is 0.0294. The molecule has 0 bridgehead atoms. The first-order valence-corrected chi connectivity index (χ1v) is 11.1. The first-order chi connectivity index (χ1) is 14.7. The molecule has 3 amide bonds. The summed E-state index contributed by atoms with van der Waals surface area (Å²) in [6.07, 6.45) is 4.00. The second-order valence-electron chi connectivity index (χ2n) is 9.55. The van der Waals surface area contributed by atoms with Crippen LogP contribution in [0.25, 0.3) is 5.69 Å². The second kappa shape index (κ2) is 8.32. The number of aromatic nitrogens is 3. The topological polar surface area (TPSA) is 83.4 Å². The molecule has 1 fully saturated rings. The third kappa shape index (κ3) is 4.43. The molecule has 0 saturated carbocycles. The average molecular weight is 425 g/mol. The van der Waals surface area contributed by atoms with Crippen molar-refractivity contribution in [1.29, 1.82) is 0 Å². The van der Waals surface area contributed by atoms with Crippen LogP contribution in [0.1, 0.15) is 67.3 Å². The molecule has 0 spiro atoms. The van der Waals surface area contributed by atoms with Crippen molar-refractivity contribution in [2.45, 2.75) is 65.5 Å². The van der Waals surface area contributed by atoms with Gasteiger partial charge in [0.05, 0.1) is 11.4 Å². The zero-order chi connectivity index (χ0) is 22.2. The van der Waals surface area contributed by atoms with Crippen molar-refractivity contribution < 1.29 is 9.59 Å². The van der Waals surface area contributed by atoms with Gasteiger partial charge in [-0.25, -0.2) is 9.48 Å². The highest BCUT2D eigenvalue weighted by Crippen LogP contribution is 2.27. The number of nitrogens with one attached hydrogen (secondary N) is 1. The molecular formula is C23H32N6O2. The van der Waals surface area contributed by atoms with Crippen LogP contribution in [0.3, 0.4) is 0 Å². The summed E-state index contributed by atoms with van der Waals surface area (Å²) >= 11 is 0. The van der Waals surface area contributed by atoms with E-state index in [2.05, 4.69) is 21.7 Å². The van der Waals surface area contributed by atoms with Gasteiger partial charge in [0.25, 0.3) is 5.91 Å². The Kier molecular flexibility index (Phi) is 5.73. The van der Waals surface area contributed by atoms with Crippen LogP contribution in [-0.2, 0) is 13.0 Å². The van der Waals surface area contributed by atoms with Crippen LogP contribution in [0.5, 0.6) is 0 Å². The van der Waals surface area contributed by atoms with Gasteiger partial charge in [0.15, 0.2) is 5.69 Å². The number of urea groups is 1. The lowest BCUT2D eigenvalue weighted by molar-refractivity contribution is 0.0717. The van der Waals surface area contributed by atoms with Gasteiger partial charge in [0.2, 0.25) is 0 Å². The highest BCUT2D eigenvalue weighted by Gasteiger charge is 2.28. The van der Waals surface area contributed by atoms with Crippen LogP contribution in [0.15, 0.2) is 18.2 Å². The molecule has 0 radical (unpaired) electrons. The van der Waals surface area contributed by atoms with Crippen LogP contribution in [0, 0.1) is 6.92 Å². The summed E-state index contributed by atoms with van der Waals surface area (Å²) in [6.45, 7) is 10.6. The van der Waals surface area contributed by atoms with Gasteiger partial charge >= 0.3 is 6.03 Å². The molecule has 0 unspecified atom stereocenters. The Morgan fingerprint density at radius 3 is 2.48 bits per heavy atom. The fourth-order valence-corrected chi connectivity index (χ4v) is 4.36. The number of rotatable bonds is 2. The number of hydrogen-bond acceptors (Lipinski definition) is 4. The Hall–Kier alpha value is -2.90. The zero-order valence-corrected chi connectivity index (χ0v) is 18.9. The average Bonchev–Trinajstić information content (AvgIpc) is 3.12. The Bertz CT molecular complexity index is 984. The fourth-order valence-electron chi connectivity index (χ4n) is 4.36. The van der Waals surface area contributed by atoms with Crippen LogP contribution < -0.4 is 5.32 Å². The van der Waals surface area contributed by atoms with Crippen molar-refractivity contribution in [3.8, 4) is 5.69 Å². The molecule has 8 heteroatoms. The molecule has 3 heterocycles. The zero-order valence-electron chi connectivity index (χ0n) is 18.9. The summed E-state index contributed by atoms with van der Waals surface area (Å²) in [6, 6.07) is 6.00. The lowest BCUT2D eigenvalue weighted by Gasteiger charge is -2.33. The molecule has 1 saturated heterocycles. The van der Waals surface area contributed by atoms with Gasteiger partial charge in [-0.1, -0.05) is 17.3 Å². The standard InChI is InChI=1S/C23H32N6O2/c1-16-20(21(30)27-12-6-5-7-13-27)25-26-29(16)19-10-8-9-17-15-28(14-11-18(17)19)22(31)24-23(2,3)4/h8-10H,5-7,11-15H2,1-4H3,(H,24,31). The van der Waals surface area contributed by atoms with Gasteiger partial charge in [-0.15, -0.1) is 5.10 Å². The largest absolute Gasteiger partial charge is 0.337 e. The molecule has 2 aliphatic rings. The van der Waals surface area contributed by atoms with E-state index < -0.39 is 0 Å². The smallest absolute Gasteiger partial charge is 0.318 e. The summed E-state index contributed by atoms with van der Waals surface area (Å²) in [4.78, 5) is 29.3. The van der Waals surface area contributed by atoms with Crippen LogP contribution in [-0.4, -0.2) is 61.9 Å². The van der Waals surface area contributed by atoms with Gasteiger partial charge in [-0.3, -0.25) is 4.79 Å². The summed E-state index contributed by atoms with van der Waals surface area (Å²) in [5.74, 6) is -0.0294. The highest BCUT2D eigenvalue weighted by molar-refractivity contribution is 5.93. The monoisotopic (exact) mass is 424 g/mol. The number of amides is 3. The first-order valence-electron chi connectivity index (χ1n) is 11.1. The number of fused-ring (bicyclic) bond motifs is 1. The number of piperidine rings is 1. The van der Waals surface area contributed by atoms with E-state index in [-0.39, 0.29) is 17.5 Å². The van der Waals surface area contributed by atoms with E-state index in [1.54, 1.807) is 4.68 Å². The molecule has 2 aliphatic heterocycles. The summed E-state index contributed by atoms with van der Waals surface area (Å²) in [5.41, 5.74) is 4.13. The van der Waals surface area contributed by atoms with E-state index in [0.29, 0.717) is 18.8 Å². The quantitative estimate of drug-likeness (QED) is 0.803. The van der Waals surface area contributed by atoms with Crippen LogP contribution in [0.2, 0.25) is 0 Å². The van der Waals surface area contributed by atoms with Gasteiger partial charge in [0, 0.05) is 31.7 Å². The summed E-state index contributed by atoms with van der Waals surface area (Å²) in [5, 5.41) is 11.6. The highest BCUT2D eigenvalue weighted by atomic mass is 16.2. The minimum Gasteiger partial charge on any atom is -0.337 e. The lowest BCUT2D eigenvalue weighted by atomic mass is 9.97. The summed E-state index contributed by atoms with van der Waals surface area (Å²) in [7, 11) is 0. The molecule has 0 atom stereocenters. The number of nitrogens with zero attached hydrogens (tertiary/aromatic N) is 5. The maximum absolute atomic E-state index is 12.9. The maximum Gasteiger partial charge on any atom is 0.318 e. The van der Waals surface area contributed by atoms with Gasteiger partial charge in [0.1, 0.15) is 0 Å². The van der Waals surface area contributed by atoms with Gasteiger partial charge in [-0.05, 0) is 70.6 Å². The Labute approximate surface area is 183 Å².